The number of nitrogens with zero attached hydrogens (tertiary/aromatic N) is 3. The van der Waals surface area contributed by atoms with Crippen LogP contribution in [0.25, 0.3) is 21.3 Å². The summed E-state index contributed by atoms with van der Waals surface area (Å²) >= 11 is 11.2. The lowest BCUT2D eigenvalue weighted by atomic mass is 10.2. The molecule has 0 radical (unpaired) electrons. The maximum atomic E-state index is 6.23. The monoisotopic (exact) mass is 464 g/mol. The molecule has 0 atom stereocenters. The highest BCUT2D eigenvalue weighted by Crippen LogP contribution is 2.37. The van der Waals surface area contributed by atoms with Crippen LogP contribution in [0.4, 0.5) is 5.82 Å². The second kappa shape index (κ2) is 7.66. The number of methoxy groups -OCH3 is 1. The van der Waals surface area contributed by atoms with Crippen molar-refractivity contribution < 1.29 is 4.74 Å². The summed E-state index contributed by atoms with van der Waals surface area (Å²) in [6.07, 6.45) is 1.65. The molecule has 0 unspecified atom stereocenters. The van der Waals surface area contributed by atoms with Gasteiger partial charge in [0.05, 0.1) is 26.6 Å². The number of benzene rings is 1. The van der Waals surface area contributed by atoms with Crippen LogP contribution in [0.15, 0.2) is 34.1 Å². The number of aryl methyl sites for hydroxylation is 1. The Morgan fingerprint density at radius 2 is 2.04 bits per heavy atom. The molecule has 1 aromatic carbocycles. The van der Waals surface area contributed by atoms with E-state index in [9.17, 15) is 0 Å². The number of nitrogens with two attached hydrogens (primary N) is 1. The number of halogens is 2. The molecule has 27 heavy (non-hydrogen) atoms. The van der Waals surface area contributed by atoms with Gasteiger partial charge in [-0.05, 0) is 46.1 Å². The van der Waals surface area contributed by atoms with Crippen molar-refractivity contribution in [1.82, 2.24) is 14.5 Å². The number of nitrogen functional groups attached to an aromatic ring is 1. The van der Waals surface area contributed by atoms with E-state index in [0.29, 0.717) is 18.2 Å². The summed E-state index contributed by atoms with van der Waals surface area (Å²) in [7, 11) is 1.67. The second-order valence-corrected chi connectivity index (χ2v) is 9.02. The fourth-order valence-electron chi connectivity index (χ4n) is 3.20. The lowest BCUT2D eigenvalue weighted by molar-refractivity contribution is 0.414. The molecule has 0 spiro atoms. The third-order valence-electron chi connectivity index (χ3n) is 4.46. The van der Waals surface area contributed by atoms with Gasteiger partial charge in [-0.2, -0.15) is 0 Å². The van der Waals surface area contributed by atoms with Gasteiger partial charge in [0.2, 0.25) is 0 Å². The average Bonchev–Trinajstić information content (AvgIpc) is 3.21. The predicted molar refractivity (Wildman–Crippen MR) is 116 cm³/mol. The number of fused-ring (bicyclic) bond motifs is 3. The summed E-state index contributed by atoms with van der Waals surface area (Å²) in [4.78, 5) is 9.35. The first-order valence-corrected chi connectivity index (χ1v) is 10.7. The summed E-state index contributed by atoms with van der Waals surface area (Å²) in [5, 5.41) is 0. The number of aromatic nitrogens is 3. The average molecular weight is 466 g/mol. The molecule has 0 amide bonds. The van der Waals surface area contributed by atoms with E-state index in [1.54, 1.807) is 18.4 Å². The Labute approximate surface area is 174 Å². The minimum absolute atomic E-state index is 0.461. The van der Waals surface area contributed by atoms with E-state index in [1.807, 2.05) is 18.2 Å². The number of imidazole rings is 1. The van der Waals surface area contributed by atoms with Gasteiger partial charge in [-0.1, -0.05) is 12.1 Å². The number of anilines is 1. The van der Waals surface area contributed by atoms with Gasteiger partial charge in [-0.15, -0.1) is 22.9 Å². The van der Waals surface area contributed by atoms with Gasteiger partial charge >= 0.3 is 0 Å². The third kappa shape index (κ3) is 3.51. The topological polar surface area (TPSA) is 66.0 Å². The zero-order chi connectivity index (χ0) is 19.0. The molecule has 0 aliphatic rings. The zero-order valence-corrected chi connectivity index (χ0v) is 17.9. The number of hydrogen-bond donors (Lipinski definition) is 1. The van der Waals surface area contributed by atoms with E-state index in [-0.39, 0.29) is 0 Å². The van der Waals surface area contributed by atoms with Crippen LogP contribution in [0.5, 0.6) is 5.75 Å². The highest BCUT2D eigenvalue weighted by Gasteiger charge is 2.19. The Bertz CT molecular complexity index is 1110. The Kier molecular flexibility index (Phi) is 5.25. The van der Waals surface area contributed by atoms with Crippen molar-refractivity contribution in [2.45, 2.75) is 19.4 Å². The molecule has 5 nitrogen and oxygen atoms in total. The number of thiophene rings is 1. The number of hydrogen-bond acceptors (Lipinski definition) is 5. The van der Waals surface area contributed by atoms with Crippen LogP contribution < -0.4 is 10.5 Å². The summed E-state index contributed by atoms with van der Waals surface area (Å²) in [5.74, 6) is 2.88. The number of rotatable bonds is 6. The lowest BCUT2D eigenvalue weighted by Crippen LogP contribution is -2.06. The normalized spacial score (nSPS) is 11.5. The maximum absolute atomic E-state index is 6.23. The van der Waals surface area contributed by atoms with Gasteiger partial charge in [0.1, 0.15) is 17.1 Å². The highest BCUT2D eigenvalue weighted by atomic mass is 79.9. The van der Waals surface area contributed by atoms with Gasteiger partial charge in [0, 0.05) is 18.8 Å². The lowest BCUT2D eigenvalue weighted by Gasteiger charge is -2.10. The fraction of sp³-hybridized carbons (Fsp3) is 0.263. The van der Waals surface area contributed by atoms with Gasteiger partial charge < -0.3 is 15.0 Å². The number of ether oxygens (including phenoxy) is 1. The second-order valence-electron chi connectivity index (χ2n) is 6.21. The Balaban J connectivity index is 1.90. The molecule has 0 bridgehead atoms. The molecule has 0 saturated heterocycles. The summed E-state index contributed by atoms with van der Waals surface area (Å²) in [5.41, 5.74) is 10.1. The molecule has 3 aromatic heterocycles. The van der Waals surface area contributed by atoms with Crippen LogP contribution in [0.2, 0.25) is 0 Å². The molecule has 4 aromatic rings. The quantitative estimate of drug-likeness (QED) is 0.397. The molecule has 3 heterocycles. The molecule has 0 aliphatic heterocycles. The highest BCUT2D eigenvalue weighted by molar-refractivity contribution is 9.11. The van der Waals surface area contributed by atoms with E-state index in [2.05, 4.69) is 37.6 Å². The zero-order valence-electron chi connectivity index (χ0n) is 14.7. The predicted octanol–water partition coefficient (Wildman–Crippen LogP) is 5.22. The largest absolute Gasteiger partial charge is 0.497 e. The fourth-order valence-corrected chi connectivity index (χ4v) is 4.91. The standard InChI is InChI=1S/C19H18BrClN4OS/c1-26-12-6-4-11(5-7-12)10-25-15(3-2-8-21)24-16-17(25)18-13(23-19(16)22)9-14(20)27-18/h4-7,9H,2-3,8,10H2,1H3,(H2,22,23). The third-order valence-corrected chi connectivity index (χ3v) is 6.36. The van der Waals surface area contributed by atoms with Crippen molar-refractivity contribution in [2.24, 2.45) is 0 Å². The van der Waals surface area contributed by atoms with Crippen molar-refractivity contribution in [3.05, 3.63) is 45.5 Å². The first-order valence-electron chi connectivity index (χ1n) is 8.53. The Hall–Kier alpha value is -1.83. The summed E-state index contributed by atoms with van der Waals surface area (Å²) in [6.45, 7) is 0.701. The van der Waals surface area contributed by atoms with Crippen molar-refractivity contribution in [2.75, 3.05) is 18.7 Å². The SMILES string of the molecule is COc1ccc(Cn2c(CCCCl)nc3c(N)nc4cc(Br)sc4c32)cc1. The van der Waals surface area contributed by atoms with Crippen LogP contribution in [-0.4, -0.2) is 27.5 Å². The first-order chi connectivity index (χ1) is 13.1. The van der Waals surface area contributed by atoms with Crippen molar-refractivity contribution in [3.63, 3.8) is 0 Å². The van der Waals surface area contributed by atoms with Crippen LogP contribution in [0, 0.1) is 0 Å². The molecule has 4 rings (SSSR count). The molecule has 0 aliphatic carbocycles. The van der Waals surface area contributed by atoms with E-state index in [0.717, 1.165) is 49.5 Å². The molecular formula is C19H18BrClN4OS. The van der Waals surface area contributed by atoms with Crippen molar-refractivity contribution in [1.29, 1.82) is 0 Å². The maximum Gasteiger partial charge on any atom is 0.152 e. The van der Waals surface area contributed by atoms with E-state index in [1.165, 1.54) is 5.56 Å². The van der Waals surface area contributed by atoms with Crippen LogP contribution in [0.3, 0.4) is 0 Å². The molecule has 0 fully saturated rings. The van der Waals surface area contributed by atoms with Crippen LogP contribution >= 0.6 is 38.9 Å². The van der Waals surface area contributed by atoms with Gasteiger partial charge in [0.15, 0.2) is 5.82 Å². The summed E-state index contributed by atoms with van der Waals surface area (Å²) < 4.78 is 9.62. The summed E-state index contributed by atoms with van der Waals surface area (Å²) in [6, 6.07) is 10.1. The first kappa shape index (κ1) is 18.5. The van der Waals surface area contributed by atoms with Crippen molar-refractivity contribution in [3.8, 4) is 5.75 Å². The molecule has 140 valence electrons. The van der Waals surface area contributed by atoms with Crippen LogP contribution in [-0.2, 0) is 13.0 Å². The minimum atomic E-state index is 0.461. The molecule has 8 heteroatoms. The van der Waals surface area contributed by atoms with E-state index in [4.69, 9.17) is 27.1 Å². The molecule has 2 N–H and O–H groups in total. The number of alkyl halides is 1. The van der Waals surface area contributed by atoms with Gasteiger partial charge in [-0.25, -0.2) is 9.97 Å². The smallest absolute Gasteiger partial charge is 0.152 e. The Morgan fingerprint density at radius 3 is 2.74 bits per heavy atom. The van der Waals surface area contributed by atoms with Crippen LogP contribution in [0.1, 0.15) is 17.8 Å². The van der Waals surface area contributed by atoms with Crippen molar-refractivity contribution >= 4 is 65.9 Å². The van der Waals surface area contributed by atoms with E-state index < -0.39 is 0 Å². The molecular weight excluding hydrogens is 448 g/mol. The van der Waals surface area contributed by atoms with Gasteiger partial charge in [0.25, 0.3) is 0 Å². The Morgan fingerprint density at radius 1 is 1.26 bits per heavy atom. The minimum Gasteiger partial charge on any atom is -0.497 e. The molecule has 0 saturated carbocycles. The van der Waals surface area contributed by atoms with E-state index >= 15 is 0 Å². The number of pyridine rings is 1. The van der Waals surface area contributed by atoms with Gasteiger partial charge in [-0.3, -0.25) is 0 Å².